The molecule has 0 aromatic carbocycles. The van der Waals surface area contributed by atoms with Gasteiger partial charge in [0.25, 0.3) is 0 Å². The topological polar surface area (TPSA) is 45.5 Å². The van der Waals surface area contributed by atoms with Gasteiger partial charge in [-0.25, -0.2) is 4.98 Å². The van der Waals surface area contributed by atoms with Gasteiger partial charge < -0.3 is 14.6 Å². The molecule has 3 rings (SSSR count). The Morgan fingerprint density at radius 3 is 2.76 bits per heavy atom. The monoisotopic (exact) mass is 281 g/mol. The lowest BCUT2D eigenvalue weighted by molar-refractivity contribution is 0.771. The van der Waals surface area contributed by atoms with Gasteiger partial charge in [-0.3, -0.25) is 4.98 Å². The van der Waals surface area contributed by atoms with Crippen molar-refractivity contribution >= 4 is 11.5 Å². The highest BCUT2D eigenvalue weighted by Crippen LogP contribution is 2.22. The van der Waals surface area contributed by atoms with Crippen molar-refractivity contribution in [2.75, 3.05) is 19.0 Å². The zero-order chi connectivity index (χ0) is 14.7. The van der Waals surface area contributed by atoms with Crippen LogP contribution in [0.1, 0.15) is 11.3 Å². The van der Waals surface area contributed by atoms with Crippen molar-refractivity contribution in [3.05, 3.63) is 60.2 Å². The molecule has 0 amide bonds. The van der Waals surface area contributed by atoms with Crippen molar-refractivity contribution < 1.29 is 0 Å². The maximum absolute atomic E-state index is 4.76. The van der Waals surface area contributed by atoms with E-state index in [9.17, 15) is 0 Å². The van der Waals surface area contributed by atoms with Crippen LogP contribution in [0.15, 0.2) is 48.9 Å². The lowest BCUT2D eigenvalue weighted by Crippen LogP contribution is -2.20. The van der Waals surface area contributed by atoms with Gasteiger partial charge in [0.15, 0.2) is 5.82 Å². The molecule has 0 aliphatic rings. The molecule has 0 saturated heterocycles. The van der Waals surface area contributed by atoms with Crippen LogP contribution in [0.2, 0.25) is 0 Å². The lowest BCUT2D eigenvalue weighted by Gasteiger charge is -2.18. The zero-order valence-electron chi connectivity index (χ0n) is 12.3. The van der Waals surface area contributed by atoms with E-state index >= 15 is 0 Å². The number of pyridine rings is 2. The molecule has 0 saturated carbocycles. The molecule has 1 N–H and O–H groups in total. The van der Waals surface area contributed by atoms with Crippen LogP contribution in [-0.4, -0.2) is 28.5 Å². The van der Waals surface area contributed by atoms with E-state index in [0.29, 0.717) is 0 Å². The molecule has 0 atom stereocenters. The molecule has 0 spiro atoms. The van der Waals surface area contributed by atoms with Crippen LogP contribution in [0.5, 0.6) is 0 Å². The van der Waals surface area contributed by atoms with Gasteiger partial charge in [-0.15, -0.1) is 0 Å². The number of hydrogen-bond acceptors (Lipinski definition) is 4. The van der Waals surface area contributed by atoms with Crippen LogP contribution in [0.3, 0.4) is 0 Å². The van der Waals surface area contributed by atoms with E-state index in [4.69, 9.17) is 4.98 Å². The molecule has 0 bridgehead atoms. The number of nitrogens with one attached hydrogen (secondary N) is 1. The van der Waals surface area contributed by atoms with Gasteiger partial charge in [0.2, 0.25) is 0 Å². The molecule has 5 heteroatoms. The summed E-state index contributed by atoms with van der Waals surface area (Å²) in [6.07, 6.45) is 5.70. The SMILES string of the molecule is CNCc1c(N(C)Cc2ccncc2)nc2ccccn12. The second-order valence-electron chi connectivity index (χ2n) is 5.05. The molecule has 0 radical (unpaired) electrons. The largest absolute Gasteiger partial charge is 0.354 e. The number of aromatic nitrogens is 3. The van der Waals surface area contributed by atoms with E-state index in [1.165, 1.54) is 11.3 Å². The fourth-order valence-electron chi connectivity index (χ4n) is 2.51. The average Bonchev–Trinajstić information content (AvgIpc) is 2.88. The Hall–Kier alpha value is -2.40. The van der Waals surface area contributed by atoms with Gasteiger partial charge in [-0.05, 0) is 36.9 Å². The molecule has 0 fully saturated rings. The Labute approximate surface area is 124 Å². The molecular formula is C16H19N5. The molecule has 108 valence electrons. The zero-order valence-corrected chi connectivity index (χ0v) is 12.3. The van der Waals surface area contributed by atoms with Crippen LogP contribution in [0.4, 0.5) is 5.82 Å². The van der Waals surface area contributed by atoms with Crippen molar-refractivity contribution in [2.45, 2.75) is 13.1 Å². The number of fused-ring (bicyclic) bond motifs is 1. The van der Waals surface area contributed by atoms with E-state index in [-0.39, 0.29) is 0 Å². The first-order valence-electron chi connectivity index (χ1n) is 7.00. The van der Waals surface area contributed by atoms with E-state index < -0.39 is 0 Å². The van der Waals surface area contributed by atoms with E-state index in [1.807, 2.05) is 49.8 Å². The molecule has 0 aliphatic carbocycles. The lowest BCUT2D eigenvalue weighted by atomic mass is 10.2. The molecule has 21 heavy (non-hydrogen) atoms. The summed E-state index contributed by atoms with van der Waals surface area (Å²) in [4.78, 5) is 11.0. The van der Waals surface area contributed by atoms with Crippen LogP contribution >= 0.6 is 0 Å². The predicted octanol–water partition coefficient (Wildman–Crippen LogP) is 2.09. The fourth-order valence-corrected chi connectivity index (χ4v) is 2.51. The van der Waals surface area contributed by atoms with Gasteiger partial charge in [0.05, 0.1) is 5.69 Å². The van der Waals surface area contributed by atoms with Gasteiger partial charge in [-0.1, -0.05) is 6.07 Å². The summed E-state index contributed by atoms with van der Waals surface area (Å²) >= 11 is 0. The van der Waals surface area contributed by atoms with Gasteiger partial charge in [0, 0.05) is 38.7 Å². The minimum Gasteiger partial charge on any atom is -0.354 e. The smallest absolute Gasteiger partial charge is 0.152 e. The molecule has 0 unspecified atom stereocenters. The third-order valence-corrected chi connectivity index (χ3v) is 3.48. The standard InChI is InChI=1S/C16H19N5/c1-17-11-14-16(19-15-5-3-4-10-21(14)15)20(2)12-13-6-8-18-9-7-13/h3-10,17H,11-12H2,1-2H3. The highest BCUT2D eigenvalue weighted by atomic mass is 15.2. The van der Waals surface area contributed by atoms with Crippen molar-refractivity contribution in [1.82, 2.24) is 19.7 Å². The van der Waals surface area contributed by atoms with Gasteiger partial charge in [0.1, 0.15) is 5.65 Å². The Bertz CT molecular complexity index is 720. The number of nitrogens with zero attached hydrogens (tertiary/aromatic N) is 4. The number of hydrogen-bond donors (Lipinski definition) is 1. The minimum absolute atomic E-state index is 0.779. The highest BCUT2D eigenvalue weighted by Gasteiger charge is 2.15. The normalized spacial score (nSPS) is 11.0. The fraction of sp³-hybridized carbons (Fsp3) is 0.250. The molecule has 3 heterocycles. The summed E-state index contributed by atoms with van der Waals surface area (Å²) in [5.74, 6) is 1.01. The molecular weight excluding hydrogens is 262 g/mol. The second kappa shape index (κ2) is 5.93. The van der Waals surface area contributed by atoms with Crippen LogP contribution in [-0.2, 0) is 13.1 Å². The number of anilines is 1. The summed E-state index contributed by atoms with van der Waals surface area (Å²) in [6.45, 7) is 1.59. The number of rotatable bonds is 5. The molecule has 3 aromatic heterocycles. The Kier molecular flexibility index (Phi) is 3.83. The summed E-state index contributed by atoms with van der Waals surface area (Å²) < 4.78 is 2.13. The minimum atomic E-state index is 0.779. The maximum atomic E-state index is 4.76. The van der Waals surface area contributed by atoms with Gasteiger partial charge in [-0.2, -0.15) is 0 Å². The first-order chi connectivity index (χ1) is 10.3. The summed E-state index contributed by atoms with van der Waals surface area (Å²) in [7, 11) is 4.02. The number of imidazole rings is 1. The maximum Gasteiger partial charge on any atom is 0.152 e. The summed E-state index contributed by atoms with van der Waals surface area (Å²) in [6, 6.07) is 10.1. The van der Waals surface area contributed by atoms with E-state index in [1.54, 1.807) is 0 Å². The van der Waals surface area contributed by atoms with E-state index in [0.717, 1.165) is 24.6 Å². The summed E-state index contributed by atoms with van der Waals surface area (Å²) in [5, 5.41) is 3.22. The first kappa shape index (κ1) is 13.6. The quantitative estimate of drug-likeness (QED) is 0.778. The molecule has 0 aliphatic heterocycles. The van der Waals surface area contributed by atoms with Crippen LogP contribution in [0.25, 0.3) is 5.65 Å². The third-order valence-electron chi connectivity index (χ3n) is 3.48. The first-order valence-corrected chi connectivity index (χ1v) is 7.00. The Morgan fingerprint density at radius 2 is 2.00 bits per heavy atom. The van der Waals surface area contributed by atoms with Crippen LogP contribution < -0.4 is 10.2 Å². The highest BCUT2D eigenvalue weighted by molar-refractivity contribution is 5.55. The third kappa shape index (κ3) is 2.73. The van der Waals surface area contributed by atoms with Crippen molar-refractivity contribution in [3.63, 3.8) is 0 Å². The Balaban J connectivity index is 1.96. The van der Waals surface area contributed by atoms with Crippen molar-refractivity contribution in [1.29, 1.82) is 0 Å². The Morgan fingerprint density at radius 1 is 1.19 bits per heavy atom. The predicted molar refractivity (Wildman–Crippen MR) is 84.3 cm³/mol. The van der Waals surface area contributed by atoms with Crippen molar-refractivity contribution in [2.24, 2.45) is 0 Å². The van der Waals surface area contributed by atoms with Gasteiger partial charge >= 0.3 is 0 Å². The molecule has 3 aromatic rings. The second-order valence-corrected chi connectivity index (χ2v) is 5.05. The van der Waals surface area contributed by atoms with Crippen molar-refractivity contribution in [3.8, 4) is 0 Å². The summed E-state index contributed by atoms with van der Waals surface area (Å²) in [5.41, 5.74) is 3.36. The van der Waals surface area contributed by atoms with Crippen LogP contribution in [0, 0.1) is 0 Å². The average molecular weight is 281 g/mol. The van der Waals surface area contributed by atoms with E-state index in [2.05, 4.69) is 32.8 Å². The molecule has 5 nitrogen and oxygen atoms in total.